The number of carboxylic acid groups (broad SMARTS) is 1. The minimum atomic E-state index is -1.20. The topological polar surface area (TPSA) is 323 Å². The van der Waals surface area contributed by atoms with Crippen LogP contribution in [-0.2, 0) is 27.7 Å². The van der Waals surface area contributed by atoms with Gasteiger partial charge in [0.2, 0.25) is 0 Å². The Hall–Kier alpha value is -12.7. The van der Waals surface area contributed by atoms with Crippen molar-refractivity contribution in [1.29, 1.82) is 0 Å². The summed E-state index contributed by atoms with van der Waals surface area (Å²) >= 11 is 3.51. The Balaban J connectivity index is 0.000000138. The number of aromatic nitrogens is 15. The number of H-pyrrole nitrogens is 2. The molecule has 12 heterocycles. The fourth-order valence-electron chi connectivity index (χ4n) is 13.3. The maximum Gasteiger partial charge on any atom is 0.339 e. The Labute approximate surface area is 692 Å². The average molecular weight is 1680 g/mol. The van der Waals surface area contributed by atoms with Crippen molar-refractivity contribution in [3.8, 4) is 101 Å². The molecule has 16 rings (SSSR count). The number of hydrogen-bond acceptors (Lipinski definition) is 21. The number of aromatic amines is 2. The van der Waals surface area contributed by atoms with Gasteiger partial charge in [-0.25, -0.2) is 38.9 Å². The molecule has 30 heteroatoms. The molecule has 4 aromatic carbocycles. The Morgan fingerprint density at radius 1 is 0.458 bits per heavy atom. The number of carboxylic acids is 1. The lowest BCUT2D eigenvalue weighted by molar-refractivity contribution is 0.0525. The summed E-state index contributed by atoms with van der Waals surface area (Å²) < 4.78 is 43.6. The number of fused-ring (bicyclic) bond motifs is 4. The fraction of sp³-hybridized carbons (Fsp3) is 0.250. The number of nitrogens with zero attached hydrogens (tertiary/aromatic N) is 14. The summed E-state index contributed by atoms with van der Waals surface area (Å²) in [6, 6.07) is 46.5. The summed E-state index contributed by atoms with van der Waals surface area (Å²) in [6.07, 6.45) is 18.6. The number of rotatable bonds is 25. The highest BCUT2D eigenvalue weighted by molar-refractivity contribution is 9.10. The van der Waals surface area contributed by atoms with Crippen LogP contribution in [0.4, 0.5) is 0 Å². The van der Waals surface area contributed by atoms with Gasteiger partial charge in [-0.1, -0.05) is 87.8 Å². The second-order valence-corrected chi connectivity index (χ2v) is 42.3. The van der Waals surface area contributed by atoms with Crippen molar-refractivity contribution in [1.82, 2.24) is 79.7 Å². The van der Waals surface area contributed by atoms with Crippen LogP contribution in [0.25, 0.3) is 123 Å². The van der Waals surface area contributed by atoms with E-state index in [1.54, 1.807) is 102 Å². The van der Waals surface area contributed by atoms with Crippen LogP contribution in [-0.4, -0.2) is 180 Å². The fourth-order valence-corrected chi connectivity index (χ4v) is 15.1. The number of likely N-dealkylation sites (tertiary alicyclic amines) is 1. The van der Waals surface area contributed by atoms with E-state index >= 15 is 0 Å². The summed E-state index contributed by atoms with van der Waals surface area (Å²) in [5, 5.41) is 37.0. The highest BCUT2D eigenvalue weighted by atomic mass is 79.9. The summed E-state index contributed by atoms with van der Waals surface area (Å²) in [5.41, 5.74) is 15.4. The lowest BCUT2D eigenvalue weighted by Crippen LogP contribution is -2.27. The van der Waals surface area contributed by atoms with E-state index < -0.39 is 28.1 Å². The quantitative estimate of drug-likeness (QED) is 0.0272. The number of aromatic carboxylic acids is 1. The van der Waals surface area contributed by atoms with Gasteiger partial charge in [0.25, 0.3) is 5.91 Å². The summed E-state index contributed by atoms with van der Waals surface area (Å²) in [6.45, 7) is 19.9. The highest BCUT2D eigenvalue weighted by Crippen LogP contribution is 2.40. The molecule has 604 valence electrons. The smallest absolute Gasteiger partial charge is 0.339 e. The molecule has 0 aliphatic carbocycles. The molecule has 1 fully saturated rings. The number of pyridine rings is 7. The van der Waals surface area contributed by atoms with Gasteiger partial charge in [-0.2, -0.15) is 20.4 Å². The second-order valence-electron chi connectivity index (χ2n) is 30.1. The zero-order valence-electron chi connectivity index (χ0n) is 67.5. The third-order valence-corrected chi connectivity index (χ3v) is 23.3. The minimum absolute atomic E-state index is 0.0360. The summed E-state index contributed by atoms with van der Waals surface area (Å²) in [7, 11) is 4.28. The Morgan fingerprint density at radius 3 is 1.29 bits per heavy atom. The lowest BCUT2D eigenvalue weighted by Gasteiger charge is -2.15. The van der Waals surface area contributed by atoms with Crippen LogP contribution >= 0.6 is 15.9 Å². The van der Waals surface area contributed by atoms with Gasteiger partial charge in [-0.05, 0) is 139 Å². The van der Waals surface area contributed by atoms with Crippen molar-refractivity contribution in [3.05, 3.63) is 223 Å². The molecule has 0 bridgehead atoms. The van der Waals surface area contributed by atoms with Crippen molar-refractivity contribution in [2.24, 2.45) is 0 Å². The number of carbonyl (C=O) groups excluding carboxylic acids is 2. The van der Waals surface area contributed by atoms with Gasteiger partial charge in [-0.15, -0.1) is 0 Å². The molecule has 0 saturated carbocycles. The number of amides is 1. The van der Waals surface area contributed by atoms with E-state index in [-0.39, 0.29) is 11.5 Å². The van der Waals surface area contributed by atoms with Crippen LogP contribution in [0.15, 0.2) is 206 Å². The van der Waals surface area contributed by atoms with Crippen molar-refractivity contribution >= 4 is 94.1 Å². The average Bonchev–Trinajstić information content (AvgIpc) is 1.62. The van der Waals surface area contributed by atoms with Gasteiger partial charge >= 0.3 is 11.9 Å². The number of methoxy groups -OCH3 is 4. The van der Waals surface area contributed by atoms with E-state index in [9.17, 15) is 14.4 Å². The molecule has 118 heavy (non-hydrogen) atoms. The number of hydrogen-bond donors (Lipinski definition) is 3. The molecule has 11 aromatic heterocycles. The number of para-hydroxylation sites is 4. The third-order valence-electron chi connectivity index (χ3n) is 19.5. The zero-order valence-corrected chi connectivity index (χ0v) is 71.1. The molecule has 0 spiro atoms. The third kappa shape index (κ3) is 19.8. The van der Waals surface area contributed by atoms with E-state index in [0.29, 0.717) is 60.3 Å². The van der Waals surface area contributed by atoms with Gasteiger partial charge in [0.1, 0.15) is 47.8 Å². The van der Waals surface area contributed by atoms with E-state index in [2.05, 4.69) is 106 Å². The first-order valence-electron chi connectivity index (χ1n) is 38.4. The minimum Gasteiger partial charge on any atom is -0.496 e. The molecule has 27 nitrogen and oxygen atoms in total. The molecule has 0 atom stereocenters. The largest absolute Gasteiger partial charge is 0.496 e. The normalized spacial score (nSPS) is 12.0. The highest BCUT2D eigenvalue weighted by Gasteiger charge is 2.25. The van der Waals surface area contributed by atoms with Crippen molar-refractivity contribution in [2.75, 3.05) is 61.3 Å². The second kappa shape index (κ2) is 37.9. The zero-order chi connectivity index (χ0) is 83.0. The number of nitrogens with one attached hydrogen (secondary N) is 2. The Bertz CT molecular complexity index is 6080. The number of carbonyl (C=O) groups is 3. The lowest BCUT2D eigenvalue weighted by atomic mass is 10.0. The number of esters is 1. The number of ether oxygens (including phenoxy) is 7. The molecule has 0 unspecified atom stereocenters. The van der Waals surface area contributed by atoms with E-state index in [0.717, 1.165) is 172 Å². The van der Waals surface area contributed by atoms with Gasteiger partial charge in [0, 0.05) is 186 Å². The monoisotopic (exact) mass is 1680 g/mol. The van der Waals surface area contributed by atoms with Gasteiger partial charge in [-0.3, -0.25) is 29.9 Å². The van der Waals surface area contributed by atoms with Crippen molar-refractivity contribution in [2.45, 2.75) is 84.6 Å². The molecule has 3 N–H and O–H groups in total. The molecule has 1 saturated heterocycles. The standard InChI is InChI=1S/C27H32N4O4Si.C23H21N5O2.C19H24BrN3O2Si.C19H14N4O3/c1-6-35-27(32)21-13-19(15-28-16-21)20-14-23-25(22-9-7-8-10-24(22)33-2)30-31(26(23)29-17-20)18-34-11-12-36(3,4)5;1-30-20-7-3-2-6-18(20)21-19-11-16(14-25-22(19)27-26-21)15-10-17(13-24-12-15)23(29)28-8-4-5-9-28;1-24-17-8-6-5-7-15(17)18-16-11-14(20)12-21-19(16)23(22-18)13-25-9-10-26(2,3)4;1-26-16-5-3-2-4-14(16)17-15-7-12(10-21-18(15)23-22-17)11-6-13(19(24)25)9-20-8-11/h7-10,13-17H,6,11-12,18H2,1-5H3;2-3,6-7,10-14H,4-5,8-9H2,1H3,(H,25,26,27);5-8,11-12H,9-10,13H2,1-4H3;2-10H,1H3,(H,24,25)(H,21,22,23). The molecule has 1 aliphatic rings. The molecule has 0 radical (unpaired) electrons. The van der Waals surface area contributed by atoms with Crippen LogP contribution in [0.5, 0.6) is 23.0 Å². The maximum atomic E-state index is 12.8. The SMILES string of the molecule is CCOC(=O)c1cncc(-c2cnc3c(c2)c(-c2ccccc2OC)nn3COCC[Si](C)(C)C)c1.COc1ccccc1-c1[nH]nc2ncc(-c3cncc(C(=O)N4CCCC4)c3)cc12.COc1ccccc1-c1[nH]nc2ncc(-c3cncc(C(=O)O)c3)cc12.COc1ccccc1-c1nn(COCC[Si](C)(C)C)c2ncc(Br)cc12. The van der Waals surface area contributed by atoms with Gasteiger partial charge in [0.15, 0.2) is 22.6 Å². The maximum absolute atomic E-state index is 12.8. The van der Waals surface area contributed by atoms with Crippen molar-refractivity contribution < 1.29 is 52.6 Å². The first kappa shape index (κ1) is 83.2. The Kier molecular flexibility index (Phi) is 26.7. The Morgan fingerprint density at radius 2 is 0.839 bits per heavy atom. The van der Waals surface area contributed by atoms with Crippen LogP contribution in [0, 0.1) is 0 Å². The predicted octanol–water partition coefficient (Wildman–Crippen LogP) is 18.2. The van der Waals surface area contributed by atoms with E-state index in [1.165, 1.54) is 12.4 Å². The van der Waals surface area contributed by atoms with Gasteiger partial charge < -0.3 is 43.2 Å². The van der Waals surface area contributed by atoms with Crippen LogP contribution in [0.1, 0.15) is 50.8 Å². The molecular formula is C88H91BrN16O11Si2. The van der Waals surface area contributed by atoms with Gasteiger partial charge in [0.05, 0.1) is 63.1 Å². The predicted molar refractivity (Wildman–Crippen MR) is 464 cm³/mol. The summed E-state index contributed by atoms with van der Waals surface area (Å²) in [4.78, 5) is 68.8. The van der Waals surface area contributed by atoms with Crippen molar-refractivity contribution in [3.63, 3.8) is 0 Å². The summed E-state index contributed by atoms with van der Waals surface area (Å²) in [5.74, 6) is 1.60. The molecule has 1 aliphatic heterocycles. The molecule has 1 amide bonds. The molecular weight excluding hydrogens is 1590 g/mol. The first-order chi connectivity index (χ1) is 57.1. The van der Waals surface area contributed by atoms with Crippen LogP contribution < -0.4 is 18.9 Å². The van der Waals surface area contributed by atoms with E-state index in [1.807, 2.05) is 137 Å². The number of halogens is 1. The first-order valence-corrected chi connectivity index (χ1v) is 46.6. The number of benzene rings is 4. The molecule has 15 aromatic rings. The van der Waals surface area contributed by atoms with E-state index in [4.69, 9.17) is 53.4 Å². The van der Waals surface area contributed by atoms with Crippen LogP contribution in [0.3, 0.4) is 0 Å². The van der Waals surface area contributed by atoms with Crippen LogP contribution in [0.2, 0.25) is 51.4 Å².